The first-order valence-electron chi connectivity index (χ1n) is 7.82. The fraction of sp³-hybridized carbons (Fsp3) is 0.263. The maximum absolute atomic E-state index is 6.08. The quantitative estimate of drug-likeness (QED) is 0.791. The minimum Gasteiger partial charge on any atom is -0.488 e. The van der Waals surface area contributed by atoms with Gasteiger partial charge in [-0.15, -0.1) is 0 Å². The molecule has 0 aliphatic carbocycles. The topological polar surface area (TPSA) is 34.4 Å². The minimum absolute atomic E-state index is 0.577. The lowest BCUT2D eigenvalue weighted by atomic mass is 10.1. The van der Waals surface area contributed by atoms with E-state index < -0.39 is 0 Å². The van der Waals surface area contributed by atoms with Crippen molar-refractivity contribution in [3.8, 4) is 5.75 Å². The van der Waals surface area contributed by atoms with Crippen molar-refractivity contribution in [1.82, 2.24) is 5.32 Å². The Morgan fingerprint density at radius 3 is 2.86 bits per heavy atom. The Hall–Kier alpha value is -2.26. The predicted octanol–water partition coefficient (Wildman–Crippen LogP) is 4.05. The van der Waals surface area contributed by atoms with E-state index >= 15 is 0 Å². The van der Waals surface area contributed by atoms with E-state index in [0.717, 1.165) is 48.4 Å². The standard InChI is InChI=1S/C19H19NO2/c1-2-6-14(7-3-1)13-21-17-8-4-9-18-19(17)15-12-20-11-5-10-16(15)22-18/h1-4,6-9,20H,5,10-13H2. The molecule has 0 atom stereocenters. The number of fused-ring (bicyclic) bond motifs is 3. The number of hydrogen-bond donors (Lipinski definition) is 1. The molecule has 0 unspecified atom stereocenters. The Labute approximate surface area is 129 Å². The molecule has 0 bridgehead atoms. The van der Waals surface area contributed by atoms with E-state index in [9.17, 15) is 0 Å². The van der Waals surface area contributed by atoms with Crippen molar-refractivity contribution in [2.45, 2.75) is 26.0 Å². The van der Waals surface area contributed by atoms with E-state index in [0.29, 0.717) is 6.61 Å². The Morgan fingerprint density at radius 1 is 1.05 bits per heavy atom. The molecule has 3 nitrogen and oxygen atoms in total. The summed E-state index contributed by atoms with van der Waals surface area (Å²) in [5, 5.41) is 4.59. The number of ether oxygens (including phenoxy) is 1. The van der Waals surface area contributed by atoms with Crippen molar-refractivity contribution < 1.29 is 9.15 Å². The number of nitrogens with one attached hydrogen (secondary N) is 1. The van der Waals surface area contributed by atoms with Crippen LogP contribution in [0.5, 0.6) is 5.75 Å². The first-order chi connectivity index (χ1) is 10.9. The third-order valence-electron chi connectivity index (χ3n) is 4.16. The van der Waals surface area contributed by atoms with Crippen molar-refractivity contribution in [1.29, 1.82) is 0 Å². The Kier molecular flexibility index (Phi) is 3.57. The maximum atomic E-state index is 6.08. The molecule has 1 N–H and O–H groups in total. The van der Waals surface area contributed by atoms with Crippen LogP contribution in [0.1, 0.15) is 23.3 Å². The van der Waals surface area contributed by atoms with Gasteiger partial charge >= 0.3 is 0 Å². The lowest BCUT2D eigenvalue weighted by Gasteiger charge is -2.08. The molecule has 2 aromatic carbocycles. The van der Waals surface area contributed by atoms with Crippen molar-refractivity contribution >= 4 is 11.0 Å². The van der Waals surface area contributed by atoms with Gasteiger partial charge in [0.1, 0.15) is 23.7 Å². The summed E-state index contributed by atoms with van der Waals surface area (Å²) < 4.78 is 12.1. The summed E-state index contributed by atoms with van der Waals surface area (Å²) in [7, 11) is 0. The van der Waals surface area contributed by atoms with Gasteiger partial charge in [0.15, 0.2) is 0 Å². The van der Waals surface area contributed by atoms with Crippen LogP contribution < -0.4 is 10.1 Å². The van der Waals surface area contributed by atoms with Crippen molar-refractivity contribution in [3.63, 3.8) is 0 Å². The zero-order chi connectivity index (χ0) is 14.8. The van der Waals surface area contributed by atoms with E-state index in [4.69, 9.17) is 9.15 Å². The van der Waals surface area contributed by atoms with Gasteiger partial charge in [-0.1, -0.05) is 36.4 Å². The largest absolute Gasteiger partial charge is 0.488 e. The van der Waals surface area contributed by atoms with Crippen LogP contribution in [-0.2, 0) is 19.6 Å². The smallest absolute Gasteiger partial charge is 0.138 e. The lowest BCUT2D eigenvalue weighted by Crippen LogP contribution is -2.12. The van der Waals surface area contributed by atoms with E-state index in [1.807, 2.05) is 36.4 Å². The molecule has 0 fully saturated rings. The fourth-order valence-corrected chi connectivity index (χ4v) is 3.06. The van der Waals surface area contributed by atoms with E-state index in [-0.39, 0.29) is 0 Å². The van der Waals surface area contributed by atoms with Gasteiger partial charge in [0, 0.05) is 18.5 Å². The maximum Gasteiger partial charge on any atom is 0.138 e. The summed E-state index contributed by atoms with van der Waals surface area (Å²) in [5.41, 5.74) is 3.36. The molecule has 0 saturated heterocycles. The van der Waals surface area contributed by atoms with Gasteiger partial charge < -0.3 is 14.5 Å². The number of furan rings is 1. The highest BCUT2D eigenvalue weighted by atomic mass is 16.5. The highest BCUT2D eigenvalue weighted by Crippen LogP contribution is 2.35. The first-order valence-corrected chi connectivity index (χ1v) is 7.82. The molecule has 3 heteroatoms. The normalized spacial score (nSPS) is 14.5. The molecule has 0 radical (unpaired) electrons. The van der Waals surface area contributed by atoms with Crippen LogP contribution in [0, 0.1) is 0 Å². The summed E-state index contributed by atoms with van der Waals surface area (Å²) >= 11 is 0. The Bertz CT molecular complexity index is 777. The lowest BCUT2D eigenvalue weighted by molar-refractivity contribution is 0.310. The van der Waals surface area contributed by atoms with Crippen molar-refractivity contribution in [3.05, 3.63) is 65.4 Å². The molecule has 0 saturated carbocycles. The second kappa shape index (κ2) is 5.85. The van der Waals surface area contributed by atoms with Crippen LogP contribution >= 0.6 is 0 Å². The Morgan fingerprint density at radius 2 is 1.95 bits per heavy atom. The van der Waals surface area contributed by atoms with Gasteiger partial charge in [-0.25, -0.2) is 0 Å². The Balaban J connectivity index is 1.69. The average Bonchev–Trinajstić information content (AvgIpc) is 2.76. The average molecular weight is 293 g/mol. The van der Waals surface area contributed by atoms with Crippen LogP contribution in [0.15, 0.2) is 52.9 Å². The SMILES string of the molecule is c1ccc(COc2cccc3oc4c(c23)CNCCC4)cc1. The summed E-state index contributed by atoms with van der Waals surface area (Å²) in [6, 6.07) is 16.3. The molecule has 1 aliphatic heterocycles. The van der Waals surface area contributed by atoms with Crippen molar-refractivity contribution in [2.75, 3.05) is 6.54 Å². The van der Waals surface area contributed by atoms with Crippen LogP contribution in [-0.4, -0.2) is 6.54 Å². The molecule has 112 valence electrons. The van der Waals surface area contributed by atoms with Crippen LogP contribution in [0.2, 0.25) is 0 Å². The van der Waals surface area contributed by atoms with E-state index in [1.165, 1.54) is 11.1 Å². The van der Waals surface area contributed by atoms with Gasteiger partial charge in [-0.2, -0.15) is 0 Å². The summed E-state index contributed by atoms with van der Waals surface area (Å²) in [6.45, 7) is 2.47. The summed E-state index contributed by atoms with van der Waals surface area (Å²) in [4.78, 5) is 0. The second-order valence-electron chi connectivity index (χ2n) is 5.69. The zero-order valence-corrected chi connectivity index (χ0v) is 12.5. The van der Waals surface area contributed by atoms with Crippen LogP contribution in [0.4, 0.5) is 0 Å². The second-order valence-corrected chi connectivity index (χ2v) is 5.69. The molecule has 2 heterocycles. The molecule has 22 heavy (non-hydrogen) atoms. The third kappa shape index (κ3) is 2.48. The molecule has 1 aliphatic rings. The van der Waals surface area contributed by atoms with Gasteiger partial charge in [-0.05, 0) is 30.7 Å². The monoisotopic (exact) mass is 293 g/mol. The molecule has 0 spiro atoms. The first kappa shape index (κ1) is 13.4. The summed E-state index contributed by atoms with van der Waals surface area (Å²) in [6.07, 6.45) is 2.11. The molecule has 3 aromatic rings. The van der Waals surface area contributed by atoms with Crippen LogP contribution in [0.25, 0.3) is 11.0 Å². The molecular weight excluding hydrogens is 274 g/mol. The number of aryl methyl sites for hydroxylation is 1. The number of benzene rings is 2. The van der Waals surface area contributed by atoms with Crippen LogP contribution in [0.3, 0.4) is 0 Å². The van der Waals surface area contributed by atoms with Gasteiger partial charge in [-0.3, -0.25) is 0 Å². The fourth-order valence-electron chi connectivity index (χ4n) is 3.06. The van der Waals surface area contributed by atoms with Gasteiger partial charge in [0.05, 0.1) is 5.39 Å². The summed E-state index contributed by atoms with van der Waals surface area (Å²) in [5.74, 6) is 2.02. The molecule has 4 rings (SSSR count). The number of rotatable bonds is 3. The van der Waals surface area contributed by atoms with E-state index in [1.54, 1.807) is 0 Å². The molecule has 0 amide bonds. The predicted molar refractivity (Wildman–Crippen MR) is 87.0 cm³/mol. The van der Waals surface area contributed by atoms with Crippen molar-refractivity contribution in [2.24, 2.45) is 0 Å². The zero-order valence-electron chi connectivity index (χ0n) is 12.5. The van der Waals surface area contributed by atoms with Gasteiger partial charge in [0.2, 0.25) is 0 Å². The molecule has 1 aromatic heterocycles. The highest BCUT2D eigenvalue weighted by Gasteiger charge is 2.19. The third-order valence-corrected chi connectivity index (χ3v) is 4.16. The number of hydrogen-bond acceptors (Lipinski definition) is 3. The molecular formula is C19H19NO2. The van der Waals surface area contributed by atoms with E-state index in [2.05, 4.69) is 17.4 Å². The highest BCUT2D eigenvalue weighted by molar-refractivity contribution is 5.88. The minimum atomic E-state index is 0.577. The van der Waals surface area contributed by atoms with Gasteiger partial charge in [0.25, 0.3) is 0 Å².